The van der Waals surface area contributed by atoms with E-state index < -0.39 is 49.5 Å². The Morgan fingerprint density at radius 2 is 1.44 bits per heavy atom. The highest BCUT2D eigenvalue weighted by molar-refractivity contribution is 4.94. The lowest BCUT2D eigenvalue weighted by molar-refractivity contribution is -0.302. The van der Waals surface area contributed by atoms with Gasteiger partial charge < -0.3 is 40.7 Å². The highest BCUT2D eigenvalue weighted by atomic mass is 16.7. The fourth-order valence-corrected chi connectivity index (χ4v) is 3.81. The second kappa shape index (κ2) is 17.8. The van der Waals surface area contributed by atoms with Gasteiger partial charge in [0.2, 0.25) is 0 Å². The summed E-state index contributed by atoms with van der Waals surface area (Å²) in [4.78, 5) is 0. The molecule has 0 aromatic carbocycles. The number of hydrogen-bond donors (Lipinski definition) is 6. The summed E-state index contributed by atoms with van der Waals surface area (Å²) < 4.78 is 10.6. The Morgan fingerprint density at radius 3 is 2.00 bits per heavy atom. The third-order valence-corrected chi connectivity index (χ3v) is 6.05. The van der Waals surface area contributed by atoms with Crippen molar-refractivity contribution in [3.63, 3.8) is 0 Å². The molecule has 32 heavy (non-hydrogen) atoms. The van der Waals surface area contributed by atoms with Gasteiger partial charge in [0, 0.05) is 0 Å². The molecule has 0 bridgehead atoms. The van der Waals surface area contributed by atoms with Gasteiger partial charge in [-0.2, -0.15) is 0 Å². The molecule has 7 atom stereocenters. The normalized spacial score (nSPS) is 28.3. The van der Waals surface area contributed by atoms with Crippen molar-refractivity contribution in [1.82, 2.24) is 0 Å². The molecule has 0 spiro atoms. The molecule has 190 valence electrons. The van der Waals surface area contributed by atoms with Crippen molar-refractivity contribution in [2.45, 2.75) is 127 Å². The Bertz CT molecular complexity index is 477. The lowest BCUT2D eigenvalue weighted by atomic mass is 9.99. The molecular formula is C24H47NO7. The zero-order chi connectivity index (χ0) is 23.8. The predicted molar refractivity (Wildman–Crippen MR) is 124 cm³/mol. The molecule has 1 saturated heterocycles. The molecule has 1 heterocycles. The van der Waals surface area contributed by atoms with Gasteiger partial charge in [0.05, 0.1) is 25.4 Å². The Balaban J connectivity index is 2.10. The van der Waals surface area contributed by atoms with Crippen molar-refractivity contribution < 1.29 is 35.0 Å². The molecule has 5 unspecified atom stereocenters. The lowest BCUT2D eigenvalue weighted by Gasteiger charge is -2.39. The molecule has 1 aliphatic rings. The van der Waals surface area contributed by atoms with Crippen LogP contribution in [0.25, 0.3) is 0 Å². The minimum absolute atomic E-state index is 0.118. The van der Waals surface area contributed by atoms with Crippen LogP contribution in [0.1, 0.15) is 84.0 Å². The number of aliphatic hydroxyl groups excluding tert-OH is 5. The first-order chi connectivity index (χ1) is 15.4. The molecule has 0 aromatic rings. The molecular weight excluding hydrogens is 414 g/mol. The molecule has 0 amide bonds. The first-order valence-corrected chi connectivity index (χ1v) is 12.4. The average Bonchev–Trinajstić information content (AvgIpc) is 2.79. The summed E-state index contributed by atoms with van der Waals surface area (Å²) in [5.41, 5.74) is 5.93. The molecule has 0 aliphatic carbocycles. The van der Waals surface area contributed by atoms with Gasteiger partial charge >= 0.3 is 0 Å². The van der Waals surface area contributed by atoms with E-state index in [2.05, 4.69) is 6.92 Å². The highest BCUT2D eigenvalue weighted by Crippen LogP contribution is 2.22. The van der Waals surface area contributed by atoms with Crippen LogP contribution in [0.5, 0.6) is 0 Å². The molecule has 7 N–H and O–H groups in total. The SMILES string of the molecule is CCCCCCCCCCCCC/C=C/C(O)C(N)COC1OC(CO)[C@H](O)C(O)[C@H]1O. The van der Waals surface area contributed by atoms with Gasteiger partial charge in [-0.3, -0.25) is 0 Å². The predicted octanol–water partition coefficient (Wildman–Crippen LogP) is 1.75. The van der Waals surface area contributed by atoms with Gasteiger partial charge in [-0.15, -0.1) is 0 Å². The van der Waals surface area contributed by atoms with E-state index in [0.717, 1.165) is 12.8 Å². The number of unbranched alkanes of at least 4 members (excludes halogenated alkanes) is 11. The number of ether oxygens (including phenoxy) is 2. The summed E-state index contributed by atoms with van der Waals surface area (Å²) in [5, 5.41) is 48.8. The fourth-order valence-electron chi connectivity index (χ4n) is 3.81. The summed E-state index contributed by atoms with van der Waals surface area (Å²) in [6.45, 7) is 1.60. The number of aliphatic hydroxyl groups is 5. The lowest BCUT2D eigenvalue weighted by Crippen LogP contribution is -2.59. The number of rotatable bonds is 18. The topological polar surface area (TPSA) is 146 Å². The van der Waals surface area contributed by atoms with Crippen molar-refractivity contribution in [3.8, 4) is 0 Å². The van der Waals surface area contributed by atoms with Gasteiger partial charge in [-0.05, 0) is 12.8 Å². The van der Waals surface area contributed by atoms with Crippen LogP contribution in [-0.4, -0.2) is 81.6 Å². The number of nitrogens with two attached hydrogens (primary N) is 1. The van der Waals surface area contributed by atoms with Crippen LogP contribution in [0.2, 0.25) is 0 Å². The average molecular weight is 462 g/mol. The van der Waals surface area contributed by atoms with E-state index in [0.29, 0.717) is 0 Å². The van der Waals surface area contributed by atoms with E-state index in [4.69, 9.17) is 15.2 Å². The summed E-state index contributed by atoms with van der Waals surface area (Å²) in [5.74, 6) is 0. The summed E-state index contributed by atoms with van der Waals surface area (Å²) in [6.07, 6.45) is 11.1. The zero-order valence-corrected chi connectivity index (χ0v) is 19.7. The maximum absolute atomic E-state index is 10.2. The Hall–Kier alpha value is -0.580. The third kappa shape index (κ3) is 11.5. The number of allylic oxidation sites excluding steroid dienone is 1. The summed E-state index contributed by atoms with van der Waals surface area (Å²) in [7, 11) is 0. The van der Waals surface area contributed by atoms with Crippen LogP contribution in [0.4, 0.5) is 0 Å². The minimum atomic E-state index is -1.50. The molecule has 0 aromatic heterocycles. The molecule has 1 aliphatic heterocycles. The highest BCUT2D eigenvalue weighted by Gasteiger charge is 2.44. The van der Waals surface area contributed by atoms with E-state index in [1.54, 1.807) is 6.08 Å². The van der Waals surface area contributed by atoms with Gasteiger partial charge in [0.1, 0.15) is 24.4 Å². The Kier molecular flexibility index (Phi) is 16.4. The zero-order valence-electron chi connectivity index (χ0n) is 19.7. The van der Waals surface area contributed by atoms with Crippen molar-refractivity contribution in [2.75, 3.05) is 13.2 Å². The van der Waals surface area contributed by atoms with Crippen LogP contribution < -0.4 is 5.73 Å². The van der Waals surface area contributed by atoms with E-state index in [1.807, 2.05) is 6.08 Å². The Morgan fingerprint density at radius 1 is 0.875 bits per heavy atom. The van der Waals surface area contributed by atoms with E-state index in [-0.39, 0.29) is 6.61 Å². The van der Waals surface area contributed by atoms with Crippen LogP contribution in [-0.2, 0) is 9.47 Å². The maximum atomic E-state index is 10.2. The van der Waals surface area contributed by atoms with E-state index >= 15 is 0 Å². The quantitative estimate of drug-likeness (QED) is 0.134. The molecule has 0 saturated carbocycles. The first kappa shape index (κ1) is 29.5. The number of hydrogen-bond acceptors (Lipinski definition) is 8. The van der Waals surface area contributed by atoms with Gasteiger partial charge in [-0.25, -0.2) is 0 Å². The second-order valence-electron chi connectivity index (χ2n) is 8.94. The molecule has 0 radical (unpaired) electrons. The van der Waals surface area contributed by atoms with Crippen molar-refractivity contribution in [3.05, 3.63) is 12.2 Å². The molecule has 8 heteroatoms. The monoisotopic (exact) mass is 461 g/mol. The maximum Gasteiger partial charge on any atom is 0.186 e. The Labute approximate surface area is 193 Å². The van der Waals surface area contributed by atoms with Crippen molar-refractivity contribution >= 4 is 0 Å². The largest absolute Gasteiger partial charge is 0.394 e. The van der Waals surface area contributed by atoms with E-state index in [9.17, 15) is 25.5 Å². The van der Waals surface area contributed by atoms with Crippen LogP contribution >= 0.6 is 0 Å². The molecule has 8 nitrogen and oxygen atoms in total. The third-order valence-electron chi connectivity index (χ3n) is 6.05. The minimum Gasteiger partial charge on any atom is -0.394 e. The first-order valence-electron chi connectivity index (χ1n) is 12.4. The van der Waals surface area contributed by atoms with Crippen LogP contribution in [0.3, 0.4) is 0 Å². The van der Waals surface area contributed by atoms with Gasteiger partial charge in [0.15, 0.2) is 6.29 Å². The summed E-state index contributed by atoms with van der Waals surface area (Å²) >= 11 is 0. The second-order valence-corrected chi connectivity index (χ2v) is 8.94. The summed E-state index contributed by atoms with van der Waals surface area (Å²) in [6, 6.07) is -0.740. The van der Waals surface area contributed by atoms with Crippen molar-refractivity contribution in [1.29, 1.82) is 0 Å². The molecule has 1 rings (SSSR count). The van der Waals surface area contributed by atoms with Gasteiger partial charge in [0.25, 0.3) is 0 Å². The smallest absolute Gasteiger partial charge is 0.186 e. The van der Waals surface area contributed by atoms with Crippen LogP contribution in [0.15, 0.2) is 12.2 Å². The fraction of sp³-hybridized carbons (Fsp3) is 0.917. The standard InChI is InChI=1S/C24H47NO7/c1-2-3-4-5-6-7-8-9-10-11-12-13-14-15-19(27)18(25)17-31-24-23(30)22(29)21(28)20(16-26)32-24/h14-15,18-24,26-30H,2-13,16-17,25H2,1H3/b15-14+/t18?,19?,20?,21-,22?,23+,24?/m0/s1. The van der Waals surface area contributed by atoms with Crippen LogP contribution in [0, 0.1) is 0 Å². The van der Waals surface area contributed by atoms with E-state index in [1.165, 1.54) is 64.2 Å². The van der Waals surface area contributed by atoms with Crippen molar-refractivity contribution in [2.24, 2.45) is 5.73 Å². The molecule has 1 fully saturated rings. The van der Waals surface area contributed by atoms with Gasteiger partial charge in [-0.1, -0.05) is 83.3 Å².